The average molecular weight is 325 g/mol. The van der Waals surface area contributed by atoms with Gasteiger partial charge in [-0.15, -0.1) is 0 Å². The Labute approximate surface area is 143 Å². The molecule has 1 unspecified atom stereocenters. The van der Waals surface area contributed by atoms with Crippen molar-refractivity contribution in [1.29, 1.82) is 5.26 Å². The van der Waals surface area contributed by atoms with Gasteiger partial charge in [0.25, 0.3) is 0 Å². The number of likely N-dealkylation sites (tertiary alicyclic amines) is 1. The smallest absolute Gasteiger partial charge is 0.245 e. The molecule has 0 aromatic heterocycles. The fraction of sp³-hybridized carbons (Fsp3) is 0.421. The minimum Gasteiger partial charge on any atom is -0.349 e. The Balaban J connectivity index is 1.95. The Kier molecular flexibility index (Phi) is 6.56. The maximum absolute atomic E-state index is 12.6. The number of hydrogen-bond acceptors (Lipinski definition) is 3. The second-order valence-corrected chi connectivity index (χ2v) is 5.97. The summed E-state index contributed by atoms with van der Waals surface area (Å²) in [5.41, 5.74) is 1.01. The monoisotopic (exact) mass is 325 g/mol. The van der Waals surface area contributed by atoms with Gasteiger partial charge in [-0.2, -0.15) is 5.26 Å². The van der Waals surface area contributed by atoms with Crippen molar-refractivity contribution in [3.63, 3.8) is 0 Å². The van der Waals surface area contributed by atoms with Gasteiger partial charge >= 0.3 is 0 Å². The van der Waals surface area contributed by atoms with Gasteiger partial charge in [-0.3, -0.25) is 9.59 Å². The summed E-state index contributed by atoms with van der Waals surface area (Å²) < 4.78 is 0. The molecule has 1 heterocycles. The number of carbonyl (C=O) groups is 2. The van der Waals surface area contributed by atoms with Gasteiger partial charge in [-0.25, -0.2) is 0 Å². The van der Waals surface area contributed by atoms with Gasteiger partial charge in [-0.1, -0.05) is 36.9 Å². The highest BCUT2D eigenvalue weighted by molar-refractivity contribution is 5.87. The van der Waals surface area contributed by atoms with E-state index in [-0.39, 0.29) is 23.8 Å². The van der Waals surface area contributed by atoms with Crippen molar-refractivity contribution in [2.75, 3.05) is 13.1 Å². The van der Waals surface area contributed by atoms with Crippen molar-refractivity contribution < 1.29 is 9.59 Å². The van der Waals surface area contributed by atoms with E-state index in [1.54, 1.807) is 4.90 Å². The van der Waals surface area contributed by atoms with Crippen LogP contribution in [0.1, 0.15) is 37.3 Å². The van der Waals surface area contributed by atoms with Crippen LogP contribution < -0.4 is 5.32 Å². The first kappa shape index (κ1) is 17.7. The predicted molar refractivity (Wildman–Crippen MR) is 91.7 cm³/mol. The van der Waals surface area contributed by atoms with Gasteiger partial charge < -0.3 is 10.2 Å². The Morgan fingerprint density at radius 3 is 2.58 bits per heavy atom. The zero-order valence-corrected chi connectivity index (χ0v) is 13.8. The van der Waals surface area contributed by atoms with Crippen molar-refractivity contribution in [3.05, 3.63) is 48.6 Å². The molecule has 24 heavy (non-hydrogen) atoms. The first-order valence-corrected chi connectivity index (χ1v) is 8.29. The molecule has 0 saturated carbocycles. The summed E-state index contributed by atoms with van der Waals surface area (Å²) in [6.45, 7) is 4.66. The van der Waals surface area contributed by atoms with Crippen molar-refractivity contribution in [1.82, 2.24) is 10.2 Å². The van der Waals surface area contributed by atoms with Gasteiger partial charge in [0, 0.05) is 25.4 Å². The maximum atomic E-state index is 12.6. The van der Waals surface area contributed by atoms with Crippen LogP contribution in [0.15, 0.2) is 43.0 Å². The molecule has 0 bridgehead atoms. The molecule has 2 amide bonds. The number of nitrogens with zero attached hydrogens (tertiary/aromatic N) is 2. The number of carbonyl (C=O) groups excluding carboxylic acids is 2. The molecule has 1 aliphatic heterocycles. The summed E-state index contributed by atoms with van der Waals surface area (Å²) in [4.78, 5) is 25.9. The molecule has 1 saturated heterocycles. The number of rotatable bonds is 6. The third-order valence-electron chi connectivity index (χ3n) is 4.42. The molecule has 126 valence electrons. The average Bonchev–Trinajstić information content (AvgIpc) is 2.65. The van der Waals surface area contributed by atoms with Crippen molar-refractivity contribution in [2.24, 2.45) is 5.92 Å². The van der Waals surface area contributed by atoms with Crippen LogP contribution in [-0.2, 0) is 9.59 Å². The summed E-state index contributed by atoms with van der Waals surface area (Å²) >= 11 is 0. The van der Waals surface area contributed by atoms with E-state index in [1.165, 1.54) is 6.08 Å². The third-order valence-corrected chi connectivity index (χ3v) is 4.42. The Morgan fingerprint density at radius 2 is 2.00 bits per heavy atom. The van der Waals surface area contributed by atoms with Crippen molar-refractivity contribution in [2.45, 2.75) is 31.7 Å². The standard InChI is InChI=1S/C19H23N3O2/c1-2-18(23)22-13-10-16(11-14-22)19(24)21-17(9-6-12-20)15-7-4-3-5-8-15/h2-5,7-8,16-17H,1,6,9-11,13-14H2,(H,21,24). The first-order chi connectivity index (χ1) is 11.7. The lowest BCUT2D eigenvalue weighted by molar-refractivity contribution is -0.132. The van der Waals surface area contributed by atoms with E-state index in [9.17, 15) is 9.59 Å². The summed E-state index contributed by atoms with van der Waals surface area (Å²) in [6.07, 6.45) is 3.62. The molecule has 5 heteroatoms. The highest BCUT2D eigenvalue weighted by Crippen LogP contribution is 2.22. The number of nitriles is 1. The normalized spacial score (nSPS) is 16.0. The molecule has 1 atom stereocenters. The van der Waals surface area contributed by atoms with E-state index >= 15 is 0 Å². The zero-order chi connectivity index (χ0) is 17.4. The predicted octanol–water partition coefficient (Wildman–Crippen LogP) is 2.57. The lowest BCUT2D eigenvalue weighted by Crippen LogP contribution is -2.43. The zero-order valence-electron chi connectivity index (χ0n) is 13.8. The largest absolute Gasteiger partial charge is 0.349 e. The summed E-state index contributed by atoms with van der Waals surface area (Å²) in [5.74, 6) is -0.162. The lowest BCUT2D eigenvalue weighted by Gasteiger charge is -2.31. The van der Waals surface area contributed by atoms with Crippen molar-refractivity contribution >= 4 is 11.8 Å². The lowest BCUT2D eigenvalue weighted by atomic mass is 9.94. The van der Waals surface area contributed by atoms with E-state index in [0.29, 0.717) is 38.8 Å². The van der Waals surface area contributed by atoms with Crippen LogP contribution in [0, 0.1) is 17.2 Å². The molecule has 0 aliphatic carbocycles. The van der Waals surface area contributed by atoms with Crippen LogP contribution in [-0.4, -0.2) is 29.8 Å². The molecule has 0 radical (unpaired) electrons. The molecule has 1 fully saturated rings. The number of nitrogens with one attached hydrogen (secondary N) is 1. The van der Waals surface area contributed by atoms with E-state index in [2.05, 4.69) is 18.0 Å². The number of amides is 2. The SMILES string of the molecule is C=CC(=O)N1CCC(C(=O)NC(CCC#N)c2ccccc2)CC1. The van der Waals surface area contributed by atoms with Crippen LogP contribution in [0.5, 0.6) is 0 Å². The molecule has 1 N–H and O–H groups in total. The number of benzene rings is 1. The third kappa shape index (κ3) is 4.69. The van der Waals surface area contributed by atoms with Gasteiger partial charge in [-0.05, 0) is 30.9 Å². The summed E-state index contributed by atoms with van der Waals surface area (Å²) in [7, 11) is 0. The highest BCUT2D eigenvalue weighted by Gasteiger charge is 2.27. The molecular weight excluding hydrogens is 302 g/mol. The minimum absolute atomic E-state index is 0.00694. The molecule has 1 aromatic rings. The second-order valence-electron chi connectivity index (χ2n) is 5.97. The van der Waals surface area contributed by atoms with Gasteiger partial charge in [0.1, 0.15) is 0 Å². The van der Waals surface area contributed by atoms with Crippen LogP contribution in [0.2, 0.25) is 0 Å². The fourth-order valence-corrected chi connectivity index (χ4v) is 3.00. The Morgan fingerprint density at radius 1 is 1.33 bits per heavy atom. The first-order valence-electron chi connectivity index (χ1n) is 8.29. The summed E-state index contributed by atoms with van der Waals surface area (Å²) in [6, 6.07) is 11.7. The molecule has 2 rings (SSSR count). The van der Waals surface area contributed by atoms with Crippen molar-refractivity contribution in [3.8, 4) is 6.07 Å². The van der Waals surface area contributed by atoms with E-state index < -0.39 is 0 Å². The Hall–Kier alpha value is -2.61. The minimum atomic E-state index is -0.147. The van der Waals surface area contributed by atoms with E-state index in [4.69, 9.17) is 5.26 Å². The fourth-order valence-electron chi connectivity index (χ4n) is 3.00. The summed E-state index contributed by atoms with van der Waals surface area (Å²) in [5, 5.41) is 11.9. The molecule has 1 aromatic carbocycles. The van der Waals surface area contributed by atoms with Crippen LogP contribution in [0.25, 0.3) is 0 Å². The van der Waals surface area contributed by atoms with Crippen LogP contribution in [0.3, 0.4) is 0 Å². The quantitative estimate of drug-likeness (QED) is 0.817. The second kappa shape index (κ2) is 8.88. The number of hydrogen-bond donors (Lipinski definition) is 1. The van der Waals surface area contributed by atoms with Gasteiger partial charge in [0.2, 0.25) is 11.8 Å². The topological polar surface area (TPSA) is 73.2 Å². The molecule has 1 aliphatic rings. The van der Waals surface area contributed by atoms with Crippen LogP contribution >= 0.6 is 0 Å². The van der Waals surface area contributed by atoms with E-state index in [1.807, 2.05) is 30.3 Å². The highest BCUT2D eigenvalue weighted by atomic mass is 16.2. The van der Waals surface area contributed by atoms with Crippen LogP contribution in [0.4, 0.5) is 0 Å². The Bertz CT molecular complexity index is 613. The molecular formula is C19H23N3O2. The van der Waals surface area contributed by atoms with E-state index in [0.717, 1.165) is 5.56 Å². The maximum Gasteiger partial charge on any atom is 0.245 e. The molecule has 0 spiro atoms. The van der Waals surface area contributed by atoms with Gasteiger partial charge in [0.05, 0.1) is 12.1 Å². The number of piperidine rings is 1. The van der Waals surface area contributed by atoms with Gasteiger partial charge in [0.15, 0.2) is 0 Å². The molecule has 5 nitrogen and oxygen atoms in total.